The molecule has 0 radical (unpaired) electrons. The van der Waals surface area contributed by atoms with Gasteiger partial charge in [-0.25, -0.2) is 9.97 Å². The first-order valence-electron chi connectivity index (χ1n) is 7.92. The van der Waals surface area contributed by atoms with Crippen LogP contribution in [0.15, 0.2) is 22.8 Å². The predicted octanol–water partition coefficient (Wildman–Crippen LogP) is 4.03. The topological polar surface area (TPSA) is 56.2 Å². The van der Waals surface area contributed by atoms with Crippen LogP contribution in [0.3, 0.4) is 0 Å². The van der Waals surface area contributed by atoms with Gasteiger partial charge in [-0.05, 0) is 49.8 Å². The van der Waals surface area contributed by atoms with Gasteiger partial charge in [0.2, 0.25) is 5.82 Å². The molecule has 0 fully saturated rings. The third kappa shape index (κ3) is 1.88. The SMILES string of the molecule is Cc1nc2sc3c(c2c2nc(-c4ccco4)nn12)C[C@H](C)CC3. The van der Waals surface area contributed by atoms with Crippen molar-refractivity contribution in [2.75, 3.05) is 0 Å². The zero-order valence-corrected chi connectivity index (χ0v) is 13.9. The Balaban J connectivity index is 1.86. The molecular formula is C17H16N4OS. The summed E-state index contributed by atoms with van der Waals surface area (Å²) < 4.78 is 7.31. The van der Waals surface area contributed by atoms with Gasteiger partial charge in [0.05, 0.1) is 11.6 Å². The van der Waals surface area contributed by atoms with Crippen LogP contribution in [0.1, 0.15) is 29.6 Å². The van der Waals surface area contributed by atoms with Gasteiger partial charge < -0.3 is 4.42 Å². The van der Waals surface area contributed by atoms with Crippen molar-refractivity contribution in [2.24, 2.45) is 5.92 Å². The fourth-order valence-electron chi connectivity index (χ4n) is 3.46. The summed E-state index contributed by atoms with van der Waals surface area (Å²) in [5, 5.41) is 5.79. The Kier molecular flexibility index (Phi) is 2.68. The Morgan fingerprint density at radius 2 is 2.26 bits per heavy atom. The van der Waals surface area contributed by atoms with Crippen LogP contribution in [-0.4, -0.2) is 19.6 Å². The van der Waals surface area contributed by atoms with Crippen LogP contribution in [0.4, 0.5) is 0 Å². The molecule has 0 aromatic carbocycles. The number of nitrogens with zero attached hydrogens (tertiary/aromatic N) is 4. The van der Waals surface area contributed by atoms with E-state index in [4.69, 9.17) is 14.4 Å². The van der Waals surface area contributed by atoms with E-state index in [1.807, 2.05) is 34.9 Å². The smallest absolute Gasteiger partial charge is 0.217 e. The summed E-state index contributed by atoms with van der Waals surface area (Å²) in [6, 6.07) is 3.75. The van der Waals surface area contributed by atoms with Crippen molar-refractivity contribution >= 4 is 27.2 Å². The molecule has 4 aromatic rings. The van der Waals surface area contributed by atoms with Crippen LogP contribution in [0.25, 0.3) is 27.4 Å². The van der Waals surface area contributed by atoms with Crippen molar-refractivity contribution in [3.63, 3.8) is 0 Å². The Hall–Kier alpha value is -2.21. The lowest BCUT2D eigenvalue weighted by Gasteiger charge is -2.17. The lowest BCUT2D eigenvalue weighted by molar-refractivity contribution is 0.508. The quantitative estimate of drug-likeness (QED) is 0.530. The minimum atomic E-state index is 0.621. The molecule has 0 saturated carbocycles. The maximum Gasteiger partial charge on any atom is 0.217 e. The predicted molar refractivity (Wildman–Crippen MR) is 89.8 cm³/mol. The van der Waals surface area contributed by atoms with Crippen molar-refractivity contribution in [1.82, 2.24) is 19.6 Å². The molecule has 4 aromatic heterocycles. The largest absolute Gasteiger partial charge is 0.461 e. The van der Waals surface area contributed by atoms with E-state index < -0.39 is 0 Å². The summed E-state index contributed by atoms with van der Waals surface area (Å²) in [6.07, 6.45) is 5.18. The number of furan rings is 1. The number of fused-ring (bicyclic) bond motifs is 5. The molecule has 0 amide bonds. The number of hydrogen-bond acceptors (Lipinski definition) is 5. The Morgan fingerprint density at radius 1 is 1.35 bits per heavy atom. The Labute approximate surface area is 137 Å². The van der Waals surface area contributed by atoms with Crippen LogP contribution in [0.5, 0.6) is 0 Å². The molecule has 0 spiro atoms. The first-order valence-corrected chi connectivity index (χ1v) is 8.74. The first kappa shape index (κ1) is 13.2. The van der Waals surface area contributed by atoms with E-state index in [-0.39, 0.29) is 0 Å². The van der Waals surface area contributed by atoms with Crippen molar-refractivity contribution in [3.8, 4) is 11.6 Å². The van der Waals surface area contributed by atoms with Gasteiger partial charge in [0.1, 0.15) is 10.7 Å². The minimum Gasteiger partial charge on any atom is -0.461 e. The monoisotopic (exact) mass is 324 g/mol. The van der Waals surface area contributed by atoms with E-state index >= 15 is 0 Å². The zero-order valence-electron chi connectivity index (χ0n) is 13.0. The van der Waals surface area contributed by atoms with Crippen molar-refractivity contribution < 1.29 is 4.42 Å². The van der Waals surface area contributed by atoms with Gasteiger partial charge in [0.25, 0.3) is 0 Å². The fraction of sp³-hybridized carbons (Fsp3) is 0.353. The van der Waals surface area contributed by atoms with Gasteiger partial charge in [-0.15, -0.1) is 16.4 Å². The van der Waals surface area contributed by atoms with Gasteiger partial charge in [-0.1, -0.05) is 6.92 Å². The molecule has 6 heteroatoms. The number of thiophene rings is 1. The highest BCUT2D eigenvalue weighted by Gasteiger charge is 2.25. The number of aromatic nitrogens is 4. The third-order valence-electron chi connectivity index (χ3n) is 4.63. The second-order valence-corrected chi connectivity index (χ2v) is 7.42. The summed E-state index contributed by atoms with van der Waals surface area (Å²) in [7, 11) is 0. The molecule has 23 heavy (non-hydrogen) atoms. The molecule has 0 N–H and O–H groups in total. The second kappa shape index (κ2) is 4.64. The molecule has 116 valence electrons. The molecule has 5 nitrogen and oxygen atoms in total. The second-order valence-electron chi connectivity index (χ2n) is 6.34. The van der Waals surface area contributed by atoms with Gasteiger partial charge in [0, 0.05) is 4.88 Å². The van der Waals surface area contributed by atoms with E-state index in [0.29, 0.717) is 17.5 Å². The average molecular weight is 324 g/mol. The van der Waals surface area contributed by atoms with Gasteiger partial charge in [0.15, 0.2) is 11.4 Å². The zero-order chi connectivity index (χ0) is 15.6. The number of aryl methyl sites for hydroxylation is 2. The van der Waals surface area contributed by atoms with Crippen molar-refractivity contribution in [3.05, 3.63) is 34.7 Å². The van der Waals surface area contributed by atoms with E-state index in [0.717, 1.165) is 29.1 Å². The van der Waals surface area contributed by atoms with Crippen LogP contribution < -0.4 is 0 Å². The van der Waals surface area contributed by atoms with Crippen LogP contribution in [-0.2, 0) is 12.8 Å². The summed E-state index contributed by atoms with van der Waals surface area (Å²) >= 11 is 1.82. The van der Waals surface area contributed by atoms with E-state index in [2.05, 4.69) is 12.0 Å². The van der Waals surface area contributed by atoms with Crippen LogP contribution in [0, 0.1) is 12.8 Å². The van der Waals surface area contributed by atoms with Crippen molar-refractivity contribution in [2.45, 2.75) is 33.1 Å². The molecule has 5 rings (SSSR count). The summed E-state index contributed by atoms with van der Waals surface area (Å²) in [5.74, 6) is 2.90. The number of hydrogen-bond donors (Lipinski definition) is 0. The lowest BCUT2D eigenvalue weighted by atomic mass is 9.89. The normalized spacial score (nSPS) is 17.9. The summed E-state index contributed by atoms with van der Waals surface area (Å²) in [5.41, 5.74) is 2.34. The third-order valence-corrected chi connectivity index (χ3v) is 5.82. The van der Waals surface area contributed by atoms with E-state index in [1.54, 1.807) is 6.26 Å². The highest BCUT2D eigenvalue weighted by Crippen LogP contribution is 2.39. The van der Waals surface area contributed by atoms with Gasteiger partial charge in [-0.3, -0.25) is 0 Å². The Morgan fingerprint density at radius 3 is 3.09 bits per heavy atom. The first-order chi connectivity index (χ1) is 11.2. The highest BCUT2D eigenvalue weighted by molar-refractivity contribution is 7.19. The lowest BCUT2D eigenvalue weighted by Crippen LogP contribution is -2.09. The van der Waals surface area contributed by atoms with Crippen molar-refractivity contribution in [1.29, 1.82) is 0 Å². The summed E-state index contributed by atoms with van der Waals surface area (Å²) in [4.78, 5) is 12.1. The molecule has 1 atom stereocenters. The number of rotatable bonds is 1. The molecule has 1 aliphatic rings. The van der Waals surface area contributed by atoms with Crippen LogP contribution >= 0.6 is 11.3 Å². The minimum absolute atomic E-state index is 0.621. The molecule has 0 aliphatic heterocycles. The summed E-state index contributed by atoms with van der Waals surface area (Å²) in [6.45, 7) is 4.30. The molecule has 1 aliphatic carbocycles. The molecule has 4 heterocycles. The molecule has 0 bridgehead atoms. The van der Waals surface area contributed by atoms with Gasteiger partial charge in [-0.2, -0.15) is 4.52 Å². The molecule has 0 saturated heterocycles. The molecular weight excluding hydrogens is 308 g/mol. The average Bonchev–Trinajstić information content (AvgIpc) is 3.23. The fourth-order valence-corrected chi connectivity index (χ4v) is 4.71. The standard InChI is InChI=1S/C17H16N4OS/c1-9-5-6-13-11(8-9)14-16-19-15(12-4-3-7-22-12)20-21(16)10(2)18-17(14)23-13/h3-4,7,9H,5-6,8H2,1-2H3/t9-/m1/s1. The van der Waals surface area contributed by atoms with Gasteiger partial charge >= 0.3 is 0 Å². The maximum atomic E-state index is 5.46. The molecule has 0 unspecified atom stereocenters. The Bertz CT molecular complexity index is 1030. The van der Waals surface area contributed by atoms with Crippen LogP contribution in [0.2, 0.25) is 0 Å². The van der Waals surface area contributed by atoms with E-state index in [9.17, 15) is 0 Å². The maximum absolute atomic E-state index is 5.46. The van der Waals surface area contributed by atoms with E-state index in [1.165, 1.54) is 22.2 Å². The highest BCUT2D eigenvalue weighted by atomic mass is 32.1.